The largest absolute Gasteiger partial charge is 0.309 e. The molecule has 0 spiro atoms. The van der Waals surface area contributed by atoms with Crippen molar-refractivity contribution >= 4 is 33.4 Å². The molecule has 2 heterocycles. The van der Waals surface area contributed by atoms with Crippen molar-refractivity contribution in [3.63, 3.8) is 0 Å². The molecular weight excluding hydrogens is 283 g/mol. The third-order valence-electron chi connectivity index (χ3n) is 2.81. The van der Waals surface area contributed by atoms with Gasteiger partial charge in [0.15, 0.2) is 0 Å². The van der Waals surface area contributed by atoms with Crippen LogP contribution < -0.4 is 4.90 Å². The molecule has 2 rings (SSSR count). The zero-order valence-electron chi connectivity index (χ0n) is 9.43. The number of rotatable bonds is 2. The van der Waals surface area contributed by atoms with Crippen molar-refractivity contribution in [3.05, 3.63) is 23.0 Å². The maximum Gasteiger partial charge on any atom is 0.307 e. The number of hydrogen-bond donors (Lipinski definition) is 0. The van der Waals surface area contributed by atoms with Gasteiger partial charge in [0.25, 0.3) is 0 Å². The predicted octanol–water partition coefficient (Wildman–Crippen LogP) is 1.45. The summed E-state index contributed by atoms with van der Waals surface area (Å²) in [5.41, 5.74) is 0.948. The van der Waals surface area contributed by atoms with E-state index in [0.717, 1.165) is 0 Å². The lowest BCUT2D eigenvalue weighted by atomic mass is 10.3. The van der Waals surface area contributed by atoms with E-state index < -0.39 is 21.4 Å². The predicted molar refractivity (Wildman–Crippen MR) is 64.8 cm³/mol. The zero-order valence-corrected chi connectivity index (χ0v) is 11.0. The SMILES string of the molecule is Cc1ncc(Cl)cc1N1CC(S(=O)(=O)F)CC1=O. The summed E-state index contributed by atoms with van der Waals surface area (Å²) in [4.78, 5) is 16.9. The van der Waals surface area contributed by atoms with Gasteiger partial charge in [0.2, 0.25) is 5.91 Å². The first kappa shape index (κ1) is 13.2. The molecule has 0 aromatic carbocycles. The molecular formula is C10H10ClFN2O3S. The summed E-state index contributed by atoms with van der Waals surface area (Å²) in [6.45, 7) is 1.46. The second-order valence-corrected chi connectivity index (χ2v) is 6.12. The van der Waals surface area contributed by atoms with Crippen LogP contribution in [0.25, 0.3) is 0 Å². The topological polar surface area (TPSA) is 67.3 Å². The van der Waals surface area contributed by atoms with Crippen molar-refractivity contribution < 1.29 is 17.1 Å². The molecule has 5 nitrogen and oxygen atoms in total. The molecule has 18 heavy (non-hydrogen) atoms. The van der Waals surface area contributed by atoms with Gasteiger partial charge in [-0.25, -0.2) is 0 Å². The van der Waals surface area contributed by atoms with Crippen LogP contribution in [0.15, 0.2) is 12.3 Å². The van der Waals surface area contributed by atoms with Gasteiger partial charge in [0.05, 0.1) is 16.4 Å². The van der Waals surface area contributed by atoms with Crippen molar-refractivity contribution in [2.45, 2.75) is 18.6 Å². The molecule has 0 bridgehead atoms. The van der Waals surface area contributed by atoms with E-state index in [1.807, 2.05) is 0 Å². The molecule has 1 aromatic heterocycles. The van der Waals surface area contributed by atoms with Crippen LogP contribution in [-0.2, 0) is 15.0 Å². The fourth-order valence-corrected chi connectivity index (χ4v) is 2.69. The molecule has 98 valence electrons. The van der Waals surface area contributed by atoms with Gasteiger partial charge in [-0.15, -0.1) is 3.89 Å². The third kappa shape index (κ3) is 2.46. The Hall–Kier alpha value is -1.21. The fourth-order valence-electron chi connectivity index (χ4n) is 1.87. The molecule has 1 aromatic rings. The van der Waals surface area contributed by atoms with E-state index in [-0.39, 0.29) is 13.0 Å². The van der Waals surface area contributed by atoms with E-state index in [2.05, 4.69) is 4.98 Å². The standard InChI is InChI=1S/C10H10ClFN2O3S/c1-6-9(2-7(11)4-13-6)14-5-8(3-10(14)15)18(12,16)17/h2,4,8H,3,5H2,1H3. The van der Waals surface area contributed by atoms with E-state index in [9.17, 15) is 17.1 Å². The molecule has 1 aliphatic heterocycles. The highest BCUT2D eigenvalue weighted by atomic mass is 35.5. The first-order valence-electron chi connectivity index (χ1n) is 5.15. The summed E-state index contributed by atoms with van der Waals surface area (Å²) in [5.74, 6) is -0.451. The molecule has 8 heteroatoms. The Morgan fingerprint density at radius 1 is 1.56 bits per heavy atom. The summed E-state index contributed by atoms with van der Waals surface area (Å²) in [6.07, 6.45) is 1.06. The van der Waals surface area contributed by atoms with Gasteiger partial charge in [-0.1, -0.05) is 11.6 Å². The summed E-state index contributed by atoms with van der Waals surface area (Å²) in [7, 11) is -4.72. The number of carbonyl (C=O) groups excluding carboxylic acids is 1. The number of anilines is 1. The van der Waals surface area contributed by atoms with Crippen molar-refractivity contribution in [2.24, 2.45) is 0 Å². The summed E-state index contributed by atoms with van der Waals surface area (Å²) < 4.78 is 34.5. The van der Waals surface area contributed by atoms with Gasteiger partial charge in [0.1, 0.15) is 5.25 Å². The van der Waals surface area contributed by atoms with Crippen LogP contribution in [0.3, 0.4) is 0 Å². The number of aromatic nitrogens is 1. The summed E-state index contributed by atoms with van der Waals surface area (Å²) in [6, 6.07) is 1.51. The van der Waals surface area contributed by atoms with Crippen LogP contribution in [0.2, 0.25) is 5.02 Å². The Bertz CT molecular complexity index is 605. The second-order valence-electron chi connectivity index (χ2n) is 4.06. The maximum atomic E-state index is 12.9. The number of halogens is 2. The van der Waals surface area contributed by atoms with Crippen LogP contribution in [0.1, 0.15) is 12.1 Å². The second kappa shape index (κ2) is 4.47. The molecule has 0 aliphatic carbocycles. The average Bonchev–Trinajstić information content (AvgIpc) is 2.64. The van der Waals surface area contributed by atoms with Gasteiger partial charge in [-0.05, 0) is 13.0 Å². The Balaban J connectivity index is 2.35. The van der Waals surface area contributed by atoms with Gasteiger partial charge < -0.3 is 4.90 Å². The molecule has 1 fully saturated rings. The molecule has 0 saturated carbocycles. The highest BCUT2D eigenvalue weighted by molar-refractivity contribution is 7.87. The van der Waals surface area contributed by atoms with Crippen molar-refractivity contribution in [1.29, 1.82) is 0 Å². The average molecular weight is 293 g/mol. The molecule has 0 radical (unpaired) electrons. The van der Waals surface area contributed by atoms with Crippen LogP contribution in [0.4, 0.5) is 9.57 Å². The molecule has 1 unspecified atom stereocenters. The van der Waals surface area contributed by atoms with E-state index >= 15 is 0 Å². The lowest BCUT2D eigenvalue weighted by Crippen LogP contribution is -2.27. The number of carbonyl (C=O) groups is 1. The molecule has 0 N–H and O–H groups in total. The summed E-state index contributed by atoms with van der Waals surface area (Å²) in [5, 5.41) is -0.988. The van der Waals surface area contributed by atoms with Crippen LogP contribution in [0.5, 0.6) is 0 Å². The minimum absolute atomic E-state index is 0.208. The number of pyridine rings is 1. The Labute approximate surface area is 109 Å². The number of hydrogen-bond acceptors (Lipinski definition) is 4. The van der Waals surface area contributed by atoms with Crippen molar-refractivity contribution in [1.82, 2.24) is 4.98 Å². The summed E-state index contributed by atoms with van der Waals surface area (Å²) >= 11 is 5.78. The van der Waals surface area contributed by atoms with Crippen molar-refractivity contribution in [3.8, 4) is 0 Å². The van der Waals surface area contributed by atoms with Gasteiger partial charge in [0, 0.05) is 19.2 Å². The van der Waals surface area contributed by atoms with Gasteiger partial charge in [-0.2, -0.15) is 8.42 Å². The molecule has 1 aliphatic rings. The molecule has 1 saturated heterocycles. The highest BCUT2D eigenvalue weighted by Gasteiger charge is 2.39. The van der Waals surface area contributed by atoms with E-state index in [1.165, 1.54) is 17.2 Å². The maximum absolute atomic E-state index is 12.9. The molecule has 1 amide bonds. The van der Waals surface area contributed by atoms with E-state index in [1.54, 1.807) is 6.92 Å². The number of amides is 1. The van der Waals surface area contributed by atoms with Crippen molar-refractivity contribution in [2.75, 3.05) is 11.4 Å². The molecule has 1 atom stereocenters. The fraction of sp³-hybridized carbons (Fsp3) is 0.400. The van der Waals surface area contributed by atoms with Crippen LogP contribution in [0, 0.1) is 6.92 Å². The van der Waals surface area contributed by atoms with Crippen LogP contribution in [-0.4, -0.2) is 31.1 Å². The Kier molecular flexibility index (Phi) is 3.29. The number of aryl methyl sites for hydroxylation is 1. The first-order chi connectivity index (χ1) is 8.29. The highest BCUT2D eigenvalue weighted by Crippen LogP contribution is 2.29. The smallest absolute Gasteiger partial charge is 0.307 e. The third-order valence-corrected chi connectivity index (χ3v) is 4.12. The van der Waals surface area contributed by atoms with Gasteiger partial charge in [-0.3, -0.25) is 9.78 Å². The van der Waals surface area contributed by atoms with E-state index in [4.69, 9.17) is 11.6 Å². The normalized spacial score (nSPS) is 20.5. The lowest BCUT2D eigenvalue weighted by molar-refractivity contribution is -0.117. The minimum Gasteiger partial charge on any atom is -0.309 e. The van der Waals surface area contributed by atoms with E-state index in [0.29, 0.717) is 16.4 Å². The monoisotopic (exact) mass is 292 g/mol. The Morgan fingerprint density at radius 2 is 2.22 bits per heavy atom. The minimum atomic E-state index is -4.72. The van der Waals surface area contributed by atoms with Gasteiger partial charge >= 0.3 is 10.2 Å². The van der Waals surface area contributed by atoms with Crippen LogP contribution >= 0.6 is 11.6 Å². The zero-order chi connectivity index (χ0) is 13.5. The lowest BCUT2D eigenvalue weighted by Gasteiger charge is -2.18. The first-order valence-corrected chi connectivity index (χ1v) is 6.97. The quantitative estimate of drug-likeness (QED) is 0.774. The Morgan fingerprint density at radius 3 is 2.78 bits per heavy atom. The number of nitrogens with zero attached hydrogens (tertiary/aromatic N) is 2.